The lowest BCUT2D eigenvalue weighted by atomic mass is 10.0. The van der Waals surface area contributed by atoms with Crippen LogP contribution in [0.5, 0.6) is 5.75 Å². The molecule has 5 N–H and O–H groups in total. The maximum Gasteiger partial charge on any atom is 0.303 e. The predicted octanol–water partition coefficient (Wildman–Crippen LogP) is 3.22. The van der Waals surface area contributed by atoms with Crippen molar-refractivity contribution in [2.45, 2.75) is 38.6 Å². The minimum absolute atomic E-state index is 0.167. The van der Waals surface area contributed by atoms with Crippen LogP contribution in [0.3, 0.4) is 0 Å². The van der Waals surface area contributed by atoms with Crippen molar-refractivity contribution >= 4 is 11.8 Å². The average molecular weight is 496 g/mol. The van der Waals surface area contributed by atoms with Crippen LogP contribution in [0.15, 0.2) is 66.2 Å². The van der Waals surface area contributed by atoms with Gasteiger partial charge in [-0.15, -0.1) is 6.58 Å². The lowest BCUT2D eigenvalue weighted by molar-refractivity contribution is -0.137. The Labute approximate surface area is 215 Å². The van der Waals surface area contributed by atoms with Crippen LogP contribution in [0.1, 0.15) is 42.9 Å². The number of methoxy groups -OCH3 is 1. The predicted molar refractivity (Wildman–Crippen MR) is 147 cm³/mol. The standard InChI is InChI=1S/C20H25N3O3.C8H16N2/c1-26-18-6-4-5-16(14-18)13-15-8-10-17(11-9-15)20(23-21)22-12-3-2-7-19(24)25;1-3-5-10-6-4-9-8(2)7-10/h4-6,8-11,14H,2-3,7,12-13,21H2,1H3,(H,22,23)(H,24,25);3,8-9H,1,4-7H2,2H3. The molecule has 2 aromatic carbocycles. The second kappa shape index (κ2) is 16.5. The number of amidine groups is 1. The molecule has 0 radical (unpaired) electrons. The Balaban J connectivity index is 0.000000380. The zero-order valence-corrected chi connectivity index (χ0v) is 21.6. The van der Waals surface area contributed by atoms with Gasteiger partial charge in [-0.3, -0.25) is 14.7 Å². The molecule has 8 heteroatoms. The molecule has 8 nitrogen and oxygen atoms in total. The molecule has 1 heterocycles. The highest BCUT2D eigenvalue weighted by atomic mass is 16.5. The van der Waals surface area contributed by atoms with Gasteiger partial charge in [-0.25, -0.2) is 5.84 Å². The summed E-state index contributed by atoms with van der Waals surface area (Å²) in [6.45, 7) is 11.0. The van der Waals surface area contributed by atoms with E-state index in [9.17, 15) is 4.79 Å². The van der Waals surface area contributed by atoms with Crippen molar-refractivity contribution in [2.75, 3.05) is 39.8 Å². The largest absolute Gasteiger partial charge is 0.497 e. The maximum absolute atomic E-state index is 10.5. The number of nitrogens with two attached hydrogens (primary N) is 1. The molecular weight excluding hydrogens is 454 g/mol. The maximum atomic E-state index is 10.5. The van der Waals surface area contributed by atoms with Crippen LogP contribution in [0.2, 0.25) is 0 Å². The highest BCUT2D eigenvalue weighted by Gasteiger charge is 2.13. The first-order valence-corrected chi connectivity index (χ1v) is 12.5. The van der Waals surface area contributed by atoms with Crippen LogP contribution in [0.4, 0.5) is 0 Å². The number of unbranched alkanes of at least 4 members (excludes halogenated alkanes) is 1. The number of aliphatic imine (C=N–C) groups is 1. The number of rotatable bonds is 11. The van der Waals surface area contributed by atoms with Crippen LogP contribution < -0.4 is 21.3 Å². The van der Waals surface area contributed by atoms with Crippen LogP contribution in [-0.4, -0.2) is 67.7 Å². The number of hydrogen-bond donors (Lipinski definition) is 4. The Morgan fingerprint density at radius 3 is 2.69 bits per heavy atom. The van der Waals surface area contributed by atoms with Gasteiger partial charge in [0.2, 0.25) is 0 Å². The van der Waals surface area contributed by atoms with Gasteiger partial charge >= 0.3 is 5.97 Å². The summed E-state index contributed by atoms with van der Waals surface area (Å²) >= 11 is 0. The summed E-state index contributed by atoms with van der Waals surface area (Å²) in [5.41, 5.74) is 5.88. The summed E-state index contributed by atoms with van der Waals surface area (Å²) in [7, 11) is 1.66. The summed E-state index contributed by atoms with van der Waals surface area (Å²) in [4.78, 5) is 17.3. The Morgan fingerprint density at radius 1 is 1.28 bits per heavy atom. The van der Waals surface area contributed by atoms with Gasteiger partial charge in [0.1, 0.15) is 11.6 Å². The van der Waals surface area contributed by atoms with Gasteiger partial charge in [0.25, 0.3) is 0 Å². The van der Waals surface area contributed by atoms with E-state index in [1.54, 1.807) is 7.11 Å². The zero-order chi connectivity index (χ0) is 26.2. The molecule has 0 amide bonds. The molecule has 0 saturated carbocycles. The fraction of sp³-hybridized carbons (Fsp3) is 0.429. The van der Waals surface area contributed by atoms with Crippen molar-refractivity contribution in [1.82, 2.24) is 15.6 Å². The minimum atomic E-state index is -0.780. The summed E-state index contributed by atoms with van der Waals surface area (Å²) in [5.74, 6) is 6.25. The van der Waals surface area contributed by atoms with Gasteiger partial charge in [-0.2, -0.15) is 0 Å². The smallest absolute Gasteiger partial charge is 0.303 e. The zero-order valence-electron chi connectivity index (χ0n) is 21.6. The molecule has 196 valence electrons. The Kier molecular flexibility index (Phi) is 13.3. The monoisotopic (exact) mass is 495 g/mol. The first-order chi connectivity index (χ1) is 17.4. The molecule has 0 aliphatic carbocycles. The fourth-order valence-corrected chi connectivity index (χ4v) is 3.96. The molecule has 0 aromatic heterocycles. The van der Waals surface area contributed by atoms with Gasteiger partial charge in [0, 0.05) is 50.7 Å². The van der Waals surface area contributed by atoms with E-state index >= 15 is 0 Å². The van der Waals surface area contributed by atoms with Crippen molar-refractivity contribution in [3.05, 3.63) is 77.9 Å². The topological polar surface area (TPSA) is 112 Å². The number of carboxylic acids is 1. The van der Waals surface area contributed by atoms with Gasteiger partial charge in [0.05, 0.1) is 7.11 Å². The first-order valence-electron chi connectivity index (χ1n) is 12.5. The molecule has 0 spiro atoms. The van der Waals surface area contributed by atoms with Crippen molar-refractivity contribution in [1.29, 1.82) is 0 Å². The number of nitrogens with one attached hydrogen (secondary N) is 2. The Bertz CT molecular complexity index is 962. The molecule has 36 heavy (non-hydrogen) atoms. The molecule has 1 saturated heterocycles. The number of hydrazine groups is 1. The molecule has 1 aliphatic rings. The normalized spacial score (nSPS) is 16.0. The molecule has 1 aliphatic heterocycles. The first kappa shape index (κ1) is 29.0. The van der Waals surface area contributed by atoms with Crippen LogP contribution >= 0.6 is 0 Å². The van der Waals surface area contributed by atoms with E-state index in [1.807, 2.05) is 48.5 Å². The van der Waals surface area contributed by atoms with E-state index in [2.05, 4.69) is 40.2 Å². The van der Waals surface area contributed by atoms with Crippen molar-refractivity contribution in [3.63, 3.8) is 0 Å². The van der Waals surface area contributed by atoms with E-state index in [-0.39, 0.29) is 6.42 Å². The van der Waals surface area contributed by atoms with Crippen LogP contribution in [0.25, 0.3) is 0 Å². The lowest BCUT2D eigenvalue weighted by Gasteiger charge is -2.30. The summed E-state index contributed by atoms with van der Waals surface area (Å²) in [6, 6.07) is 16.7. The molecule has 1 fully saturated rings. The average Bonchev–Trinajstić information content (AvgIpc) is 2.87. The van der Waals surface area contributed by atoms with Crippen LogP contribution in [-0.2, 0) is 11.2 Å². The quantitative estimate of drug-likeness (QED) is 0.0946. The lowest BCUT2D eigenvalue weighted by Crippen LogP contribution is -2.49. The third-order valence-corrected chi connectivity index (χ3v) is 5.82. The fourth-order valence-electron chi connectivity index (χ4n) is 3.96. The molecule has 3 rings (SSSR count). The molecule has 2 aromatic rings. The van der Waals surface area contributed by atoms with Gasteiger partial charge in [0.15, 0.2) is 0 Å². The SMILES string of the molecule is C=CCN1CCNC(C)C1.COc1cccc(Cc2ccc(C(=NCCCCC(=O)O)NN)cc2)c1. The number of hydrogen-bond acceptors (Lipinski definition) is 6. The number of aliphatic carboxylic acids is 1. The molecular formula is C28H41N5O3. The van der Waals surface area contributed by atoms with Crippen molar-refractivity contribution < 1.29 is 14.6 Å². The second-order valence-electron chi connectivity index (χ2n) is 8.85. The molecule has 1 atom stereocenters. The Hall–Kier alpha value is -3.20. The minimum Gasteiger partial charge on any atom is -0.497 e. The number of piperazine rings is 1. The van der Waals surface area contributed by atoms with Crippen LogP contribution in [0, 0.1) is 0 Å². The van der Waals surface area contributed by atoms with Gasteiger partial charge in [-0.05, 0) is 49.4 Å². The van der Waals surface area contributed by atoms with Crippen molar-refractivity contribution in [2.24, 2.45) is 10.8 Å². The highest BCUT2D eigenvalue weighted by molar-refractivity contribution is 5.98. The number of ether oxygens (including phenoxy) is 1. The number of carbonyl (C=O) groups is 1. The van der Waals surface area contributed by atoms with E-state index in [1.165, 1.54) is 11.1 Å². The highest BCUT2D eigenvalue weighted by Crippen LogP contribution is 2.16. The summed E-state index contributed by atoms with van der Waals surface area (Å²) in [6.07, 6.45) is 4.27. The van der Waals surface area contributed by atoms with Gasteiger partial charge in [-0.1, -0.05) is 42.5 Å². The van der Waals surface area contributed by atoms with Gasteiger partial charge < -0.3 is 20.6 Å². The number of benzene rings is 2. The summed E-state index contributed by atoms with van der Waals surface area (Å²) in [5, 5.41) is 12.0. The molecule has 1 unspecified atom stereocenters. The van der Waals surface area contributed by atoms with E-state index in [4.69, 9.17) is 15.7 Å². The van der Waals surface area contributed by atoms with Crippen molar-refractivity contribution in [3.8, 4) is 5.75 Å². The number of nitrogens with zero attached hydrogens (tertiary/aromatic N) is 2. The Morgan fingerprint density at radius 2 is 2.06 bits per heavy atom. The third-order valence-electron chi connectivity index (χ3n) is 5.82. The summed E-state index contributed by atoms with van der Waals surface area (Å²) < 4.78 is 5.26. The van der Waals surface area contributed by atoms with E-state index < -0.39 is 5.97 Å². The molecule has 0 bridgehead atoms. The third kappa shape index (κ3) is 11.0. The number of carboxylic acid groups (broad SMARTS) is 1. The van der Waals surface area contributed by atoms with E-state index in [0.717, 1.165) is 43.9 Å². The second-order valence-corrected chi connectivity index (χ2v) is 8.85. The van der Waals surface area contributed by atoms with E-state index in [0.29, 0.717) is 31.3 Å².